The third-order valence-corrected chi connectivity index (χ3v) is 7.26. The Hall–Kier alpha value is -5.72. The monoisotopic (exact) mass is 583 g/mol. The van der Waals surface area contributed by atoms with Crippen LogP contribution in [-0.4, -0.2) is 0 Å². The predicted octanol–water partition coefficient (Wildman–Crippen LogP) is 12.5. The molecule has 0 bridgehead atoms. The second-order valence-corrected chi connectivity index (χ2v) is 9.58. The van der Waals surface area contributed by atoms with Gasteiger partial charge in [0.2, 0.25) is 0 Å². The van der Waals surface area contributed by atoms with Crippen molar-refractivity contribution >= 4 is 53.9 Å². The molecule has 0 aliphatic carbocycles. The molecule has 0 spiro atoms. The molecule has 0 saturated carbocycles. The Morgan fingerprint density at radius 1 is 0.295 bits per heavy atom. The SMILES string of the molecule is [2H]c1cc2c([2H])c(-c3c([2H])c([2H])c(-c4c5c([2H])c([2H])c([2H])c([2H])c5c(-c5c([2H])c([2H])c([2H])c6c([2H])c([2H])c([2H])c([2H])c56)c5c([2H])c([2H])c([2H])c([2H])c45)c([2H])c3[2H])c3c([2H])c([2H])c([2H])c([2H])c3c2c([2H])c1[2H]. The van der Waals surface area contributed by atoms with Gasteiger partial charge in [-0.15, -0.1) is 0 Å². The maximum Gasteiger partial charge on any atom is 0.0636 e. The maximum absolute atomic E-state index is 9.64. The summed E-state index contributed by atoms with van der Waals surface area (Å²) >= 11 is 0. The van der Waals surface area contributed by atoms with Crippen molar-refractivity contribution in [2.45, 2.75) is 0 Å². The smallest absolute Gasteiger partial charge is 0.0616 e. The van der Waals surface area contributed by atoms with Gasteiger partial charge in [0.05, 0.1) is 37.0 Å². The highest BCUT2D eigenvalue weighted by Gasteiger charge is 2.18. The van der Waals surface area contributed by atoms with Crippen molar-refractivity contribution in [1.29, 1.82) is 0 Å². The molecule has 0 saturated heterocycles. The third-order valence-electron chi connectivity index (χ3n) is 7.26. The van der Waals surface area contributed by atoms with Crippen LogP contribution in [0.5, 0.6) is 0 Å². The maximum atomic E-state index is 9.64. The van der Waals surface area contributed by atoms with Crippen molar-refractivity contribution < 1.29 is 37.0 Å². The minimum absolute atomic E-state index is 0.329. The third kappa shape index (κ3) is 3.78. The molecule has 9 rings (SSSR count). The summed E-state index contributed by atoms with van der Waals surface area (Å²) in [6, 6.07) is -23.3. The standard InChI is InChI=1S/C44H28/c1-3-15-33-29(12-1)14-11-23-37(33)44-40-21-9-7-19-38(40)43(39-20-8-10-22-41(39)44)31-26-24-30(25-27-31)42-28-32-13-2-4-16-34(32)35-17-5-6-18-36(35)42/h1-28H/i1D,2D,3D,4D,5D,6D,7D,8D,9D,10D,11D,12D,14D,15D,16D,17D,18D,19D,20D,21D,22D,23D,24D,25D,26D,27D,28D. The van der Waals surface area contributed by atoms with Gasteiger partial charge >= 0.3 is 0 Å². The predicted molar refractivity (Wildman–Crippen MR) is 190 cm³/mol. The van der Waals surface area contributed by atoms with Crippen LogP contribution >= 0.6 is 0 Å². The average molecular weight is 584 g/mol. The Bertz CT molecular complexity index is 3950. The molecule has 9 aromatic rings. The molecule has 0 heteroatoms. The lowest BCUT2D eigenvalue weighted by Gasteiger charge is -2.19. The zero-order valence-electron chi connectivity index (χ0n) is 49.1. The number of hydrogen-bond acceptors (Lipinski definition) is 0. The minimum Gasteiger partial charge on any atom is -0.0616 e. The summed E-state index contributed by atoms with van der Waals surface area (Å²) in [5.41, 5.74) is -4.41. The second-order valence-electron chi connectivity index (χ2n) is 9.58. The van der Waals surface area contributed by atoms with Gasteiger partial charge in [0.1, 0.15) is 0 Å². The zero-order valence-corrected chi connectivity index (χ0v) is 22.1. The van der Waals surface area contributed by atoms with Crippen molar-refractivity contribution in [3.05, 3.63) is 169 Å². The Labute approximate surface area is 294 Å². The summed E-state index contributed by atoms with van der Waals surface area (Å²) in [5, 5.41) is -5.85. The molecule has 0 aromatic heterocycles. The lowest BCUT2D eigenvalue weighted by atomic mass is 9.84. The summed E-state index contributed by atoms with van der Waals surface area (Å²) in [5.74, 6) is 0. The molecule has 0 unspecified atom stereocenters. The van der Waals surface area contributed by atoms with Crippen LogP contribution in [-0.2, 0) is 0 Å². The lowest BCUT2D eigenvalue weighted by Crippen LogP contribution is -1.91. The van der Waals surface area contributed by atoms with Crippen LogP contribution in [0.3, 0.4) is 0 Å². The molecule has 9 aromatic carbocycles. The van der Waals surface area contributed by atoms with Crippen LogP contribution in [0.1, 0.15) is 37.0 Å². The molecule has 204 valence electrons. The van der Waals surface area contributed by atoms with Gasteiger partial charge < -0.3 is 0 Å². The van der Waals surface area contributed by atoms with Crippen molar-refractivity contribution in [3.8, 4) is 33.4 Å². The van der Waals surface area contributed by atoms with Gasteiger partial charge in [-0.05, 0) is 93.3 Å². The molecule has 0 nitrogen and oxygen atoms in total. The Balaban J connectivity index is 1.58. The van der Waals surface area contributed by atoms with Crippen molar-refractivity contribution in [2.75, 3.05) is 0 Å². The zero-order chi connectivity index (χ0) is 52.5. The van der Waals surface area contributed by atoms with E-state index in [0.29, 0.717) is 0 Å². The lowest BCUT2D eigenvalue weighted by molar-refractivity contribution is 1.64. The highest BCUT2D eigenvalue weighted by Crippen LogP contribution is 2.45. The van der Waals surface area contributed by atoms with Gasteiger partial charge in [-0.3, -0.25) is 0 Å². The summed E-state index contributed by atoms with van der Waals surface area (Å²) < 4.78 is 242. The quantitative estimate of drug-likeness (QED) is 0.143. The minimum atomic E-state index is -1.08. The first-order chi connectivity index (χ1) is 33.1. The molecule has 0 fully saturated rings. The molecular weight excluding hydrogens is 528 g/mol. The average Bonchev–Trinajstić information content (AvgIpc) is 3.34. The molecule has 44 heavy (non-hydrogen) atoms. The van der Waals surface area contributed by atoms with E-state index in [0.717, 1.165) is 6.07 Å². The van der Waals surface area contributed by atoms with Crippen LogP contribution in [0.25, 0.3) is 87.2 Å². The van der Waals surface area contributed by atoms with Crippen molar-refractivity contribution in [2.24, 2.45) is 0 Å². The summed E-state index contributed by atoms with van der Waals surface area (Å²) in [4.78, 5) is 0. The van der Waals surface area contributed by atoms with Gasteiger partial charge in [0.25, 0.3) is 0 Å². The number of hydrogen-bond donors (Lipinski definition) is 0. The molecule has 0 aliphatic rings. The van der Waals surface area contributed by atoms with E-state index in [4.69, 9.17) is 23.3 Å². The van der Waals surface area contributed by atoms with E-state index in [1.165, 1.54) is 0 Å². The van der Waals surface area contributed by atoms with E-state index in [1.54, 1.807) is 0 Å². The Kier molecular flexibility index (Phi) is 2.24. The normalized spacial score (nSPS) is 20.2. The fourth-order valence-corrected chi connectivity index (χ4v) is 5.40. The van der Waals surface area contributed by atoms with Gasteiger partial charge in [-0.25, -0.2) is 0 Å². The van der Waals surface area contributed by atoms with Crippen LogP contribution in [0, 0.1) is 0 Å². The Morgan fingerprint density at radius 2 is 0.795 bits per heavy atom. The molecule has 0 heterocycles. The molecule has 0 N–H and O–H groups in total. The Morgan fingerprint density at radius 3 is 1.50 bits per heavy atom. The van der Waals surface area contributed by atoms with Gasteiger partial charge in [-0.2, -0.15) is 0 Å². The van der Waals surface area contributed by atoms with Crippen LogP contribution in [0.15, 0.2) is 169 Å². The number of fused-ring (bicyclic) bond motifs is 6. The van der Waals surface area contributed by atoms with E-state index in [9.17, 15) is 13.7 Å². The van der Waals surface area contributed by atoms with Crippen LogP contribution < -0.4 is 0 Å². The number of benzene rings is 9. The molecule has 0 radical (unpaired) electrons. The first-order valence-electron chi connectivity index (χ1n) is 26.6. The summed E-state index contributed by atoms with van der Waals surface area (Å²) in [6.45, 7) is 0. The first kappa shape index (κ1) is 9.91. The fraction of sp³-hybridized carbons (Fsp3) is 0. The highest BCUT2D eigenvalue weighted by atomic mass is 14.2. The van der Waals surface area contributed by atoms with E-state index < -0.39 is 240 Å². The fourth-order valence-electron chi connectivity index (χ4n) is 5.40. The second kappa shape index (κ2) is 9.93. The number of rotatable bonds is 3. The van der Waals surface area contributed by atoms with Gasteiger partial charge in [-0.1, -0.05) is 163 Å². The summed E-state index contributed by atoms with van der Waals surface area (Å²) in [6.07, 6.45) is 0. The molecule has 0 atom stereocenters. The van der Waals surface area contributed by atoms with Gasteiger partial charge in [0, 0.05) is 0 Å². The van der Waals surface area contributed by atoms with E-state index >= 15 is 0 Å². The molecular formula is C44H28. The van der Waals surface area contributed by atoms with Crippen LogP contribution in [0.2, 0.25) is 0 Å². The first-order valence-corrected chi connectivity index (χ1v) is 13.1. The van der Waals surface area contributed by atoms with E-state index in [1.807, 2.05) is 0 Å². The van der Waals surface area contributed by atoms with E-state index in [-0.39, 0.29) is 10.8 Å². The van der Waals surface area contributed by atoms with Crippen molar-refractivity contribution in [3.63, 3.8) is 0 Å². The topological polar surface area (TPSA) is 0 Å². The molecule has 0 amide bonds. The van der Waals surface area contributed by atoms with Crippen LogP contribution in [0.4, 0.5) is 0 Å². The summed E-state index contributed by atoms with van der Waals surface area (Å²) in [7, 11) is 0. The highest BCUT2D eigenvalue weighted by molar-refractivity contribution is 6.23. The molecule has 0 aliphatic heterocycles. The van der Waals surface area contributed by atoms with Gasteiger partial charge in [0.15, 0.2) is 0 Å². The van der Waals surface area contributed by atoms with E-state index in [2.05, 4.69) is 0 Å². The largest absolute Gasteiger partial charge is 0.0636 e. The van der Waals surface area contributed by atoms with Crippen molar-refractivity contribution in [1.82, 2.24) is 0 Å².